The number of nitrogens with zero attached hydrogens (tertiary/aromatic N) is 4. The van der Waals surface area contributed by atoms with Crippen LogP contribution in [0.2, 0.25) is 0 Å². The van der Waals surface area contributed by atoms with E-state index in [9.17, 15) is 14.7 Å². The Morgan fingerprint density at radius 3 is 2.47 bits per heavy atom. The molecule has 0 bridgehead atoms. The van der Waals surface area contributed by atoms with Gasteiger partial charge in [-0.1, -0.05) is 5.11 Å². The second-order valence-electron chi connectivity index (χ2n) is 5.76. The third kappa shape index (κ3) is 2.97. The molecule has 1 aliphatic heterocycles. The molecule has 0 unspecified atom stereocenters. The van der Waals surface area contributed by atoms with Gasteiger partial charge in [-0.25, -0.2) is 0 Å². The van der Waals surface area contributed by atoms with Gasteiger partial charge in [0.05, 0.1) is 6.04 Å². The predicted octanol–water partition coefficient (Wildman–Crippen LogP) is 2.89. The van der Waals surface area contributed by atoms with E-state index in [4.69, 9.17) is 10.3 Å². The molecular weight excluding hydrogens is 252 g/mol. The number of rotatable bonds is 1. The number of amides is 2. The smallest absolute Gasteiger partial charge is 0.435 e. The third-order valence-electron chi connectivity index (χ3n) is 3.14. The van der Waals surface area contributed by atoms with E-state index >= 15 is 0 Å². The molecule has 8 nitrogen and oxygen atoms in total. The number of imide groups is 1. The van der Waals surface area contributed by atoms with Crippen molar-refractivity contribution in [2.24, 2.45) is 5.11 Å². The monoisotopic (exact) mass is 271 g/mol. The zero-order valence-corrected chi connectivity index (χ0v) is 11.5. The summed E-state index contributed by atoms with van der Waals surface area (Å²) in [7, 11) is 0. The van der Waals surface area contributed by atoms with Crippen LogP contribution in [0.15, 0.2) is 5.11 Å². The van der Waals surface area contributed by atoms with Crippen LogP contribution in [0, 0.1) is 0 Å². The van der Waals surface area contributed by atoms with E-state index in [0.717, 1.165) is 0 Å². The fourth-order valence-corrected chi connectivity index (χ4v) is 2.26. The maximum absolute atomic E-state index is 12.2. The Balaban J connectivity index is 3.09. The zero-order chi connectivity index (χ0) is 14.8. The first kappa shape index (κ1) is 15.3. The molecular formula is C11H19N4O4+. The molecule has 1 fully saturated rings. The quantitative estimate of drug-likeness (QED) is 0.342. The summed E-state index contributed by atoms with van der Waals surface area (Å²) >= 11 is 0. The van der Waals surface area contributed by atoms with Gasteiger partial charge in [0.2, 0.25) is 0 Å². The topological polar surface area (TPSA) is 112 Å². The molecule has 0 aromatic rings. The summed E-state index contributed by atoms with van der Waals surface area (Å²) in [5, 5.41) is 12.9. The van der Waals surface area contributed by atoms with E-state index in [2.05, 4.69) is 10.0 Å². The first-order valence-corrected chi connectivity index (χ1v) is 6.02. The van der Waals surface area contributed by atoms with Crippen molar-refractivity contribution in [1.82, 2.24) is 0 Å². The SMILES string of the molecule is C[C@@H]1C[C@H](N=[N+]=[N-])C[N@+]1(C(=O)O)C(=O)OC(C)(C)C. The highest BCUT2D eigenvalue weighted by atomic mass is 16.6. The van der Waals surface area contributed by atoms with Crippen LogP contribution in [0.25, 0.3) is 10.4 Å². The van der Waals surface area contributed by atoms with Crippen LogP contribution in [-0.4, -0.2) is 46.0 Å². The minimum absolute atomic E-state index is 0.0739. The molecule has 0 spiro atoms. The molecule has 0 radical (unpaired) electrons. The predicted molar refractivity (Wildman–Crippen MR) is 66.4 cm³/mol. The van der Waals surface area contributed by atoms with E-state index < -0.39 is 34.4 Å². The van der Waals surface area contributed by atoms with E-state index in [-0.39, 0.29) is 6.54 Å². The highest BCUT2D eigenvalue weighted by molar-refractivity contribution is 5.76. The maximum atomic E-state index is 12.2. The molecule has 0 saturated carbocycles. The summed E-state index contributed by atoms with van der Waals surface area (Å²) in [6.07, 6.45) is -1.75. The maximum Gasteiger partial charge on any atom is 0.527 e. The minimum atomic E-state index is -1.28. The van der Waals surface area contributed by atoms with Crippen molar-refractivity contribution in [3.8, 4) is 0 Å². The van der Waals surface area contributed by atoms with Gasteiger partial charge in [0, 0.05) is 11.3 Å². The molecule has 8 heteroatoms. The molecule has 0 aliphatic carbocycles. The largest absolute Gasteiger partial charge is 0.527 e. The number of carboxylic acid groups (broad SMARTS) is 1. The third-order valence-corrected chi connectivity index (χ3v) is 3.14. The molecule has 2 amide bonds. The molecule has 1 rings (SSSR count). The summed E-state index contributed by atoms with van der Waals surface area (Å²) in [6.45, 7) is 6.60. The lowest BCUT2D eigenvalue weighted by molar-refractivity contribution is -0.796. The van der Waals surface area contributed by atoms with Crippen molar-refractivity contribution in [3.05, 3.63) is 10.4 Å². The summed E-state index contributed by atoms with van der Waals surface area (Å²) in [5.41, 5.74) is 7.66. The van der Waals surface area contributed by atoms with Gasteiger partial charge >= 0.3 is 12.2 Å². The number of likely N-dealkylation sites (tertiary alicyclic amines) is 1. The van der Waals surface area contributed by atoms with Gasteiger partial charge in [0.1, 0.15) is 18.2 Å². The lowest BCUT2D eigenvalue weighted by Crippen LogP contribution is -2.60. The van der Waals surface area contributed by atoms with Crippen LogP contribution < -0.4 is 0 Å². The Morgan fingerprint density at radius 1 is 1.47 bits per heavy atom. The first-order chi connectivity index (χ1) is 8.63. The van der Waals surface area contributed by atoms with Gasteiger partial charge < -0.3 is 9.84 Å². The zero-order valence-electron chi connectivity index (χ0n) is 11.5. The summed E-state index contributed by atoms with van der Waals surface area (Å²) < 4.78 is 4.35. The van der Waals surface area contributed by atoms with Crippen LogP contribution >= 0.6 is 0 Å². The van der Waals surface area contributed by atoms with E-state index in [1.165, 1.54) is 0 Å². The molecule has 3 atom stereocenters. The Morgan fingerprint density at radius 2 is 2.05 bits per heavy atom. The highest BCUT2D eigenvalue weighted by Crippen LogP contribution is 2.32. The number of hydrogen-bond acceptors (Lipinski definition) is 4. The van der Waals surface area contributed by atoms with Crippen LogP contribution in [0.5, 0.6) is 0 Å². The second-order valence-corrected chi connectivity index (χ2v) is 5.76. The second kappa shape index (κ2) is 5.07. The van der Waals surface area contributed by atoms with Crippen molar-refractivity contribution in [2.75, 3.05) is 6.54 Å². The molecule has 1 N–H and O–H groups in total. The highest BCUT2D eigenvalue weighted by Gasteiger charge is 2.58. The number of quaternary nitrogens is 1. The van der Waals surface area contributed by atoms with Gasteiger partial charge in [-0.05, 0) is 33.2 Å². The van der Waals surface area contributed by atoms with Gasteiger partial charge in [0.15, 0.2) is 0 Å². The number of hydrogen-bond donors (Lipinski definition) is 1. The van der Waals surface area contributed by atoms with Crippen molar-refractivity contribution in [1.29, 1.82) is 0 Å². The lowest BCUT2D eigenvalue weighted by atomic mass is 10.2. The number of carbonyl (C=O) groups excluding carboxylic acids is 1. The van der Waals surface area contributed by atoms with E-state index in [0.29, 0.717) is 6.42 Å². The molecule has 1 aliphatic rings. The van der Waals surface area contributed by atoms with Crippen LogP contribution in [0.4, 0.5) is 9.59 Å². The Hall–Kier alpha value is -1.79. The summed E-state index contributed by atoms with van der Waals surface area (Å²) in [5.74, 6) is 0. The van der Waals surface area contributed by atoms with E-state index in [1.807, 2.05) is 0 Å². The van der Waals surface area contributed by atoms with Gasteiger partial charge in [-0.15, -0.1) is 4.48 Å². The Kier molecular flexibility index (Phi) is 4.07. The summed E-state index contributed by atoms with van der Waals surface area (Å²) in [4.78, 5) is 26.4. The fraction of sp³-hybridized carbons (Fsp3) is 0.818. The van der Waals surface area contributed by atoms with Crippen molar-refractivity contribution in [3.63, 3.8) is 0 Å². The molecule has 0 aromatic carbocycles. The average Bonchev–Trinajstić information content (AvgIpc) is 2.54. The van der Waals surface area contributed by atoms with Gasteiger partial charge in [0.25, 0.3) is 0 Å². The fourth-order valence-electron chi connectivity index (χ4n) is 2.26. The van der Waals surface area contributed by atoms with Crippen LogP contribution in [-0.2, 0) is 4.74 Å². The minimum Gasteiger partial charge on any atom is -0.435 e. The summed E-state index contributed by atoms with van der Waals surface area (Å²) in [6, 6.07) is -1.01. The van der Waals surface area contributed by atoms with Crippen LogP contribution in [0.1, 0.15) is 34.1 Å². The first-order valence-electron chi connectivity index (χ1n) is 6.02. The lowest BCUT2D eigenvalue weighted by Gasteiger charge is -2.31. The normalized spacial score (nSPS) is 30.5. The van der Waals surface area contributed by atoms with Crippen molar-refractivity contribution >= 4 is 12.2 Å². The Labute approximate surface area is 111 Å². The molecule has 19 heavy (non-hydrogen) atoms. The number of ether oxygens (including phenoxy) is 1. The average molecular weight is 271 g/mol. The van der Waals surface area contributed by atoms with Gasteiger partial charge in [-0.2, -0.15) is 9.59 Å². The van der Waals surface area contributed by atoms with Crippen molar-refractivity contribution in [2.45, 2.75) is 51.8 Å². The van der Waals surface area contributed by atoms with Gasteiger partial charge in [-0.3, -0.25) is 0 Å². The van der Waals surface area contributed by atoms with E-state index in [1.54, 1.807) is 27.7 Å². The molecule has 1 saturated heterocycles. The number of carbonyl (C=O) groups is 2. The van der Waals surface area contributed by atoms with Crippen LogP contribution in [0.3, 0.4) is 0 Å². The number of azide groups is 1. The molecule has 1 heterocycles. The molecule has 0 aromatic heterocycles. The molecule has 106 valence electrons. The van der Waals surface area contributed by atoms with Crippen molar-refractivity contribution < 1.29 is 23.9 Å². The standard InChI is InChI=1S/C11H18N4O4/c1-7-5-8(13-14-12)6-15(7,9(16)17)10(18)19-11(2,3)4/h7-8H,5-6H2,1-4H3/p+1/t7-,8+,15+/m1/s1. The Bertz CT molecular complexity index is 438.